The molecule has 1 aliphatic rings. The van der Waals surface area contributed by atoms with Crippen LogP contribution in [0.1, 0.15) is 21.7 Å². The molecule has 4 aromatic rings. The van der Waals surface area contributed by atoms with E-state index < -0.39 is 0 Å². The Labute approximate surface area is 181 Å². The molecule has 0 N–H and O–H groups in total. The number of hydrogen-bond acceptors (Lipinski definition) is 5. The monoisotopic (exact) mass is 412 g/mol. The van der Waals surface area contributed by atoms with Gasteiger partial charge in [-0.05, 0) is 44.2 Å². The number of piperazine rings is 1. The van der Waals surface area contributed by atoms with E-state index in [9.17, 15) is 4.79 Å². The van der Waals surface area contributed by atoms with Crippen molar-refractivity contribution >= 4 is 22.8 Å². The van der Waals surface area contributed by atoms with Gasteiger partial charge in [-0.2, -0.15) is 5.10 Å². The maximum absolute atomic E-state index is 13.5. The fraction of sp³-hybridized carbons (Fsp3) is 0.250. The second-order valence-electron chi connectivity index (χ2n) is 7.81. The Morgan fingerprint density at radius 3 is 2.39 bits per heavy atom. The van der Waals surface area contributed by atoms with Crippen LogP contribution in [0.2, 0.25) is 0 Å². The molecular formula is C24H24N6O. The Morgan fingerprint density at radius 2 is 1.68 bits per heavy atom. The molecule has 1 aliphatic heterocycles. The van der Waals surface area contributed by atoms with Crippen LogP contribution in [-0.2, 0) is 0 Å². The Bertz CT molecular complexity index is 1230. The van der Waals surface area contributed by atoms with Gasteiger partial charge < -0.3 is 9.80 Å². The quantitative estimate of drug-likeness (QED) is 0.516. The molecule has 0 radical (unpaired) electrons. The molecule has 7 nitrogen and oxygen atoms in total. The summed E-state index contributed by atoms with van der Waals surface area (Å²) in [6.07, 6.45) is 1.80. The van der Waals surface area contributed by atoms with E-state index in [0.717, 1.165) is 47.0 Å². The molecule has 1 amide bonds. The van der Waals surface area contributed by atoms with Crippen molar-refractivity contribution in [1.29, 1.82) is 0 Å². The van der Waals surface area contributed by atoms with Gasteiger partial charge in [0.05, 0.1) is 22.3 Å². The fourth-order valence-corrected chi connectivity index (χ4v) is 4.18. The zero-order chi connectivity index (χ0) is 21.4. The number of carbonyl (C=O) groups excluding carboxylic acids is 1. The van der Waals surface area contributed by atoms with Gasteiger partial charge in [0.15, 0.2) is 5.65 Å². The first-order valence-corrected chi connectivity index (χ1v) is 10.5. The molecule has 0 atom stereocenters. The average molecular weight is 412 g/mol. The standard InChI is InChI=1S/C24H24N6O/c1-17-16-20(22-18(2)27-30(23(22)26-17)19-8-4-3-5-9-19)24(31)29-14-12-28(13-15-29)21-10-6-7-11-25-21/h3-11,16H,12-15H2,1-2H3. The summed E-state index contributed by atoms with van der Waals surface area (Å²) in [6, 6.07) is 17.7. The Kier molecular flexibility index (Phi) is 4.86. The molecule has 0 aliphatic carbocycles. The predicted molar refractivity (Wildman–Crippen MR) is 121 cm³/mol. The van der Waals surface area contributed by atoms with Gasteiger partial charge >= 0.3 is 0 Å². The van der Waals surface area contributed by atoms with E-state index in [-0.39, 0.29) is 5.91 Å². The number of aryl methyl sites for hydroxylation is 2. The smallest absolute Gasteiger partial charge is 0.254 e. The highest BCUT2D eigenvalue weighted by Gasteiger charge is 2.26. The second kappa shape index (κ2) is 7.83. The van der Waals surface area contributed by atoms with E-state index in [1.165, 1.54) is 0 Å². The topological polar surface area (TPSA) is 67.2 Å². The molecular weight excluding hydrogens is 388 g/mol. The maximum atomic E-state index is 13.5. The van der Waals surface area contributed by atoms with Crippen molar-refractivity contribution in [2.75, 3.05) is 31.1 Å². The van der Waals surface area contributed by atoms with E-state index in [0.29, 0.717) is 18.7 Å². The molecule has 0 spiro atoms. The third-order valence-electron chi connectivity index (χ3n) is 5.71. The highest BCUT2D eigenvalue weighted by Crippen LogP contribution is 2.26. The first kappa shape index (κ1) is 19.2. The van der Waals surface area contributed by atoms with Gasteiger partial charge in [-0.3, -0.25) is 4.79 Å². The first-order chi connectivity index (χ1) is 15.1. The number of hydrogen-bond donors (Lipinski definition) is 0. The van der Waals surface area contributed by atoms with Crippen molar-refractivity contribution in [1.82, 2.24) is 24.6 Å². The second-order valence-corrected chi connectivity index (χ2v) is 7.81. The van der Waals surface area contributed by atoms with E-state index in [2.05, 4.69) is 9.88 Å². The summed E-state index contributed by atoms with van der Waals surface area (Å²) >= 11 is 0. The predicted octanol–water partition coefficient (Wildman–Crippen LogP) is 3.39. The number of nitrogens with zero attached hydrogens (tertiary/aromatic N) is 6. The number of benzene rings is 1. The molecule has 0 bridgehead atoms. The van der Waals surface area contributed by atoms with Crippen LogP contribution in [-0.4, -0.2) is 56.7 Å². The van der Waals surface area contributed by atoms with Crippen molar-refractivity contribution in [3.05, 3.63) is 77.7 Å². The lowest BCUT2D eigenvalue weighted by molar-refractivity contribution is 0.0748. The Balaban J connectivity index is 1.46. The number of para-hydroxylation sites is 1. The zero-order valence-corrected chi connectivity index (χ0v) is 17.7. The SMILES string of the molecule is Cc1cc(C(=O)N2CCN(c3ccccn3)CC2)c2c(C)nn(-c3ccccc3)c2n1. The minimum atomic E-state index is 0.0342. The third-order valence-corrected chi connectivity index (χ3v) is 5.71. The number of carbonyl (C=O) groups is 1. The van der Waals surface area contributed by atoms with Gasteiger partial charge in [0.1, 0.15) is 5.82 Å². The van der Waals surface area contributed by atoms with Crippen molar-refractivity contribution in [3.8, 4) is 5.69 Å². The molecule has 7 heteroatoms. The number of rotatable bonds is 3. The molecule has 1 aromatic carbocycles. The largest absolute Gasteiger partial charge is 0.353 e. The number of aromatic nitrogens is 4. The highest BCUT2D eigenvalue weighted by molar-refractivity contribution is 6.06. The van der Waals surface area contributed by atoms with Crippen LogP contribution in [0, 0.1) is 13.8 Å². The van der Waals surface area contributed by atoms with Crippen LogP contribution < -0.4 is 4.90 Å². The van der Waals surface area contributed by atoms with E-state index in [1.807, 2.05) is 78.0 Å². The summed E-state index contributed by atoms with van der Waals surface area (Å²) in [5.74, 6) is 0.989. The number of amides is 1. The molecule has 1 fully saturated rings. The van der Waals surface area contributed by atoms with Crippen molar-refractivity contribution in [2.24, 2.45) is 0 Å². The van der Waals surface area contributed by atoms with Gasteiger partial charge in [0.2, 0.25) is 0 Å². The van der Waals surface area contributed by atoms with Gasteiger partial charge in [-0.15, -0.1) is 0 Å². The maximum Gasteiger partial charge on any atom is 0.254 e. The summed E-state index contributed by atoms with van der Waals surface area (Å²) in [4.78, 5) is 26.8. The lowest BCUT2D eigenvalue weighted by Gasteiger charge is -2.35. The van der Waals surface area contributed by atoms with Crippen molar-refractivity contribution < 1.29 is 4.79 Å². The summed E-state index contributed by atoms with van der Waals surface area (Å²) in [5.41, 5.74) is 3.94. The normalized spacial score (nSPS) is 14.3. The molecule has 5 rings (SSSR count). The lowest BCUT2D eigenvalue weighted by atomic mass is 10.1. The van der Waals surface area contributed by atoms with E-state index in [4.69, 9.17) is 10.1 Å². The number of anilines is 1. The van der Waals surface area contributed by atoms with Gasteiger partial charge in [-0.25, -0.2) is 14.6 Å². The van der Waals surface area contributed by atoms with Crippen LogP contribution in [0.3, 0.4) is 0 Å². The summed E-state index contributed by atoms with van der Waals surface area (Å²) in [7, 11) is 0. The van der Waals surface area contributed by atoms with Gasteiger partial charge in [0.25, 0.3) is 5.91 Å². The van der Waals surface area contributed by atoms with Crippen LogP contribution in [0.25, 0.3) is 16.7 Å². The summed E-state index contributed by atoms with van der Waals surface area (Å²) < 4.78 is 1.83. The highest BCUT2D eigenvalue weighted by atomic mass is 16.2. The summed E-state index contributed by atoms with van der Waals surface area (Å²) in [6.45, 7) is 6.70. The number of pyridine rings is 2. The third kappa shape index (κ3) is 3.52. The number of fused-ring (bicyclic) bond motifs is 1. The molecule has 1 saturated heterocycles. The van der Waals surface area contributed by atoms with Crippen LogP contribution in [0.5, 0.6) is 0 Å². The molecule has 4 heterocycles. The summed E-state index contributed by atoms with van der Waals surface area (Å²) in [5, 5.41) is 5.53. The molecule has 3 aromatic heterocycles. The van der Waals surface area contributed by atoms with Gasteiger partial charge in [0, 0.05) is 38.1 Å². The lowest BCUT2D eigenvalue weighted by Crippen LogP contribution is -2.49. The van der Waals surface area contributed by atoms with E-state index >= 15 is 0 Å². The molecule has 0 unspecified atom stereocenters. The average Bonchev–Trinajstić information content (AvgIpc) is 3.15. The fourth-order valence-electron chi connectivity index (χ4n) is 4.18. The molecule has 0 saturated carbocycles. The van der Waals surface area contributed by atoms with Crippen LogP contribution >= 0.6 is 0 Å². The van der Waals surface area contributed by atoms with Gasteiger partial charge in [-0.1, -0.05) is 24.3 Å². The van der Waals surface area contributed by atoms with Crippen molar-refractivity contribution in [2.45, 2.75) is 13.8 Å². The first-order valence-electron chi connectivity index (χ1n) is 10.5. The Morgan fingerprint density at radius 1 is 0.935 bits per heavy atom. The zero-order valence-electron chi connectivity index (χ0n) is 17.7. The van der Waals surface area contributed by atoms with Crippen molar-refractivity contribution in [3.63, 3.8) is 0 Å². The minimum Gasteiger partial charge on any atom is -0.353 e. The van der Waals surface area contributed by atoms with Crippen LogP contribution in [0.15, 0.2) is 60.8 Å². The van der Waals surface area contributed by atoms with Crippen LogP contribution in [0.4, 0.5) is 5.82 Å². The molecule has 31 heavy (non-hydrogen) atoms. The molecule has 156 valence electrons. The Hall–Kier alpha value is -3.74. The minimum absolute atomic E-state index is 0.0342. The van der Waals surface area contributed by atoms with E-state index in [1.54, 1.807) is 6.20 Å².